The number of rotatable bonds is 28. The van der Waals surface area contributed by atoms with Gasteiger partial charge >= 0.3 is 19.8 Å². The maximum atomic E-state index is 12.3. The van der Waals surface area contributed by atoms with E-state index in [0.29, 0.717) is 25.7 Å². The summed E-state index contributed by atoms with van der Waals surface area (Å²) in [6, 6.07) is 0. The van der Waals surface area contributed by atoms with Crippen molar-refractivity contribution >= 4 is 19.8 Å². The predicted octanol–water partition coefficient (Wildman–Crippen LogP) is 7.81. The number of phosphoric acid groups is 1. The van der Waals surface area contributed by atoms with Gasteiger partial charge in [-0.15, -0.1) is 0 Å². The molecule has 43 heavy (non-hydrogen) atoms. The molecule has 1 unspecified atom stereocenters. The van der Waals surface area contributed by atoms with Crippen molar-refractivity contribution in [1.29, 1.82) is 0 Å². The van der Waals surface area contributed by atoms with Crippen LogP contribution in [0.25, 0.3) is 0 Å². The number of phosphoric ester groups is 1. The van der Waals surface area contributed by atoms with E-state index in [0.717, 1.165) is 32.1 Å². The molecule has 0 radical (unpaired) electrons. The van der Waals surface area contributed by atoms with E-state index in [9.17, 15) is 19.3 Å². The van der Waals surface area contributed by atoms with Crippen LogP contribution in [0.4, 0.5) is 0 Å². The first-order valence-corrected chi connectivity index (χ1v) is 17.6. The van der Waals surface area contributed by atoms with Crippen molar-refractivity contribution in [2.75, 3.05) is 13.2 Å². The molecule has 0 aromatic rings. The number of ether oxygens (including phenoxy) is 2. The Bertz CT molecular complexity index is 860. The lowest BCUT2D eigenvalue weighted by Gasteiger charge is -2.18. The lowest BCUT2D eigenvalue weighted by Crippen LogP contribution is -2.29. The Kier molecular flexibility index (Phi) is 27.4. The summed E-state index contributed by atoms with van der Waals surface area (Å²) in [6.45, 7) is 3.43. The van der Waals surface area contributed by atoms with Crippen LogP contribution in [0.1, 0.15) is 123 Å². The highest BCUT2D eigenvalue weighted by atomic mass is 31.2. The number of unbranched alkanes of at least 4 members (excludes halogenated alkanes) is 10. The molecule has 0 aliphatic heterocycles. The van der Waals surface area contributed by atoms with Gasteiger partial charge in [0.25, 0.3) is 0 Å². The highest BCUT2D eigenvalue weighted by Crippen LogP contribution is 2.35. The molecule has 248 valence electrons. The molecule has 10 heteroatoms. The molecule has 0 heterocycles. The van der Waals surface area contributed by atoms with E-state index in [2.05, 4.69) is 30.5 Å². The lowest BCUT2D eigenvalue weighted by molar-refractivity contribution is -0.161. The summed E-state index contributed by atoms with van der Waals surface area (Å²) in [4.78, 5) is 42.3. The van der Waals surface area contributed by atoms with Gasteiger partial charge in [0, 0.05) is 12.8 Å². The number of hydrogen-bond donors (Lipinski definition) is 3. The first-order valence-electron chi connectivity index (χ1n) is 16.0. The summed E-state index contributed by atoms with van der Waals surface area (Å²) in [7, 11) is -4.78. The van der Waals surface area contributed by atoms with E-state index in [1.54, 1.807) is 18.2 Å². The quantitative estimate of drug-likeness (QED) is 0.0260. The highest BCUT2D eigenvalue weighted by molar-refractivity contribution is 7.46. The molecule has 0 rings (SSSR count). The van der Waals surface area contributed by atoms with Crippen LogP contribution in [-0.4, -0.2) is 52.3 Å². The summed E-state index contributed by atoms with van der Waals surface area (Å²) in [5.74, 6) is -1.03. The van der Waals surface area contributed by atoms with Gasteiger partial charge in [0.05, 0.1) is 12.7 Å². The van der Waals surface area contributed by atoms with Crippen LogP contribution in [0.3, 0.4) is 0 Å². The minimum atomic E-state index is -4.78. The fourth-order valence-corrected chi connectivity index (χ4v) is 4.33. The van der Waals surface area contributed by atoms with Gasteiger partial charge in [-0.2, -0.15) is 0 Å². The fourth-order valence-electron chi connectivity index (χ4n) is 3.97. The second-order valence-corrected chi connectivity index (χ2v) is 11.9. The van der Waals surface area contributed by atoms with Gasteiger partial charge in [0.2, 0.25) is 0 Å². The molecule has 0 amide bonds. The summed E-state index contributed by atoms with van der Waals surface area (Å²) in [6.07, 6.45) is 28.9. The molecule has 0 aliphatic rings. The summed E-state index contributed by atoms with van der Waals surface area (Å²) in [5, 5.41) is 10.0. The number of aliphatic hydroxyl groups is 1. The van der Waals surface area contributed by atoms with Crippen LogP contribution >= 0.6 is 7.82 Å². The topological polar surface area (TPSA) is 140 Å². The van der Waals surface area contributed by atoms with Gasteiger partial charge in [0.1, 0.15) is 6.61 Å². The fraction of sp³-hybridized carbons (Fsp3) is 0.697. The molecule has 0 fully saturated rings. The van der Waals surface area contributed by atoms with Crippen molar-refractivity contribution in [3.05, 3.63) is 48.6 Å². The van der Waals surface area contributed by atoms with Crippen LogP contribution in [0.15, 0.2) is 48.6 Å². The maximum Gasteiger partial charge on any atom is 0.469 e. The Morgan fingerprint density at radius 3 is 2.07 bits per heavy atom. The van der Waals surface area contributed by atoms with E-state index in [4.69, 9.17) is 19.3 Å². The van der Waals surface area contributed by atoms with Gasteiger partial charge in [-0.3, -0.25) is 14.1 Å². The van der Waals surface area contributed by atoms with E-state index in [-0.39, 0.29) is 19.4 Å². The molecule has 0 saturated carbocycles. The number of hydrogen-bond acceptors (Lipinski definition) is 7. The Morgan fingerprint density at radius 2 is 1.35 bits per heavy atom. The van der Waals surface area contributed by atoms with E-state index in [1.165, 1.54) is 38.5 Å². The number of aliphatic hydroxyl groups excluding tert-OH is 1. The molecular weight excluding hydrogens is 571 g/mol. The maximum absolute atomic E-state index is 12.3. The summed E-state index contributed by atoms with van der Waals surface area (Å²) >= 11 is 0. The average Bonchev–Trinajstić information content (AvgIpc) is 2.96. The molecule has 0 aromatic heterocycles. The van der Waals surface area contributed by atoms with Gasteiger partial charge in [-0.1, -0.05) is 114 Å². The number of carbonyl (C=O) groups is 2. The van der Waals surface area contributed by atoms with Crippen molar-refractivity contribution in [1.82, 2.24) is 0 Å². The lowest BCUT2D eigenvalue weighted by atomic mass is 10.1. The Hall–Kier alpha value is -2.03. The van der Waals surface area contributed by atoms with Gasteiger partial charge in [0.15, 0.2) is 6.10 Å². The molecule has 0 aromatic carbocycles. The van der Waals surface area contributed by atoms with Crippen LogP contribution in [0.5, 0.6) is 0 Å². The Balaban J connectivity index is 4.26. The minimum absolute atomic E-state index is 0.0763. The third-order valence-electron chi connectivity index (χ3n) is 6.43. The molecule has 0 spiro atoms. The number of allylic oxidation sites excluding steroid dienone is 6. The van der Waals surface area contributed by atoms with E-state index < -0.39 is 38.6 Å². The first-order chi connectivity index (χ1) is 20.7. The van der Waals surface area contributed by atoms with E-state index >= 15 is 0 Å². The van der Waals surface area contributed by atoms with Gasteiger partial charge in [-0.05, 0) is 44.9 Å². The molecule has 0 saturated heterocycles. The average molecular weight is 629 g/mol. The molecule has 2 atom stereocenters. The monoisotopic (exact) mass is 628 g/mol. The largest absolute Gasteiger partial charge is 0.469 e. The third-order valence-corrected chi connectivity index (χ3v) is 6.92. The molecule has 3 N–H and O–H groups in total. The van der Waals surface area contributed by atoms with Crippen molar-refractivity contribution in [2.24, 2.45) is 0 Å². The zero-order valence-electron chi connectivity index (χ0n) is 26.4. The molecular formula is C33H57O9P. The predicted molar refractivity (Wildman–Crippen MR) is 171 cm³/mol. The Labute approximate surface area is 259 Å². The summed E-state index contributed by atoms with van der Waals surface area (Å²) < 4.78 is 26.0. The van der Waals surface area contributed by atoms with Crippen LogP contribution in [0.2, 0.25) is 0 Å². The summed E-state index contributed by atoms with van der Waals surface area (Å²) in [5.41, 5.74) is 0. The van der Waals surface area contributed by atoms with Crippen LogP contribution in [-0.2, 0) is 28.2 Å². The number of esters is 2. The molecule has 0 bridgehead atoms. The first kappa shape index (κ1) is 41.0. The molecule has 0 aliphatic carbocycles. The minimum Gasteiger partial charge on any atom is -0.462 e. The normalized spacial score (nSPS) is 13.9. The second kappa shape index (κ2) is 28.7. The smallest absolute Gasteiger partial charge is 0.462 e. The van der Waals surface area contributed by atoms with Crippen LogP contribution in [0, 0.1) is 0 Å². The zero-order valence-corrected chi connectivity index (χ0v) is 27.3. The van der Waals surface area contributed by atoms with E-state index in [1.807, 2.05) is 18.2 Å². The SMILES string of the molecule is CCCCC/C=C\C/C=C\CC(O)/C=C\C=C\CCCC(=O)O[C@H](COC(=O)CCCCCCCCC)COP(=O)(O)O. The van der Waals surface area contributed by atoms with Crippen molar-refractivity contribution < 1.29 is 43.0 Å². The highest BCUT2D eigenvalue weighted by Gasteiger charge is 2.22. The third kappa shape index (κ3) is 31.2. The van der Waals surface area contributed by atoms with Crippen molar-refractivity contribution in [3.63, 3.8) is 0 Å². The Morgan fingerprint density at radius 1 is 0.721 bits per heavy atom. The van der Waals surface area contributed by atoms with Crippen molar-refractivity contribution in [2.45, 2.75) is 135 Å². The molecule has 9 nitrogen and oxygen atoms in total. The van der Waals surface area contributed by atoms with Gasteiger partial charge in [-0.25, -0.2) is 4.57 Å². The number of carbonyl (C=O) groups excluding carboxylic acids is 2. The van der Waals surface area contributed by atoms with Gasteiger partial charge < -0.3 is 24.4 Å². The second-order valence-electron chi connectivity index (χ2n) is 10.6. The van der Waals surface area contributed by atoms with Crippen LogP contribution < -0.4 is 0 Å². The standard InChI is InChI=1S/C33H57O9P/c1-3-5-7-9-11-12-14-16-20-24-30(34)25-21-17-15-19-23-27-33(36)42-31(29-41-43(37,38)39)28-40-32(35)26-22-18-13-10-8-6-4-2/h11-12,15-17,20-21,25,30-31,34H,3-10,13-14,18-19,22-24,26-29H2,1-2H3,(H2,37,38,39)/b12-11-,17-15+,20-16-,25-21-/t30?,31-/m1/s1. The zero-order chi connectivity index (χ0) is 32.0. The van der Waals surface area contributed by atoms with Crippen molar-refractivity contribution in [3.8, 4) is 0 Å².